The molecule has 0 unspecified atom stereocenters. The molecule has 0 saturated carbocycles. The first kappa shape index (κ1) is 14.4. The molecule has 1 aliphatic heterocycles. The fourth-order valence-electron chi connectivity index (χ4n) is 2.42. The third-order valence-electron chi connectivity index (χ3n) is 3.57. The van der Waals surface area contributed by atoms with E-state index in [1.807, 2.05) is 25.1 Å². The molecule has 6 nitrogen and oxygen atoms in total. The van der Waals surface area contributed by atoms with Crippen molar-refractivity contribution in [2.24, 2.45) is 0 Å². The molecule has 0 bridgehead atoms. The van der Waals surface area contributed by atoms with E-state index < -0.39 is 0 Å². The van der Waals surface area contributed by atoms with Gasteiger partial charge in [-0.3, -0.25) is 9.89 Å². The van der Waals surface area contributed by atoms with Gasteiger partial charge in [0.15, 0.2) is 11.5 Å². The van der Waals surface area contributed by atoms with Crippen molar-refractivity contribution in [2.45, 2.75) is 33.1 Å². The molecule has 1 aliphatic rings. The summed E-state index contributed by atoms with van der Waals surface area (Å²) in [6, 6.07) is 5.66. The SMILES string of the molecule is CCCc1[nH]nc(-c2ccc3c(c2)OCO3)c1NC(=O)CC. The maximum Gasteiger partial charge on any atom is 0.231 e. The zero-order chi connectivity index (χ0) is 15.5. The molecule has 0 radical (unpaired) electrons. The number of nitrogens with one attached hydrogen (secondary N) is 2. The molecule has 2 N–H and O–H groups in total. The summed E-state index contributed by atoms with van der Waals surface area (Å²) in [6.07, 6.45) is 2.23. The van der Waals surface area contributed by atoms with Gasteiger partial charge in [-0.15, -0.1) is 0 Å². The Kier molecular flexibility index (Phi) is 4.00. The summed E-state index contributed by atoms with van der Waals surface area (Å²) < 4.78 is 10.7. The topological polar surface area (TPSA) is 76.2 Å². The molecule has 2 aromatic rings. The van der Waals surface area contributed by atoms with Gasteiger partial charge in [-0.05, 0) is 24.6 Å². The van der Waals surface area contributed by atoms with Crippen molar-refractivity contribution in [1.82, 2.24) is 10.2 Å². The number of aromatic nitrogens is 2. The van der Waals surface area contributed by atoms with Crippen molar-refractivity contribution >= 4 is 11.6 Å². The summed E-state index contributed by atoms with van der Waals surface area (Å²) in [7, 11) is 0. The molecular weight excluding hydrogens is 282 g/mol. The van der Waals surface area contributed by atoms with Crippen molar-refractivity contribution in [2.75, 3.05) is 12.1 Å². The number of carbonyl (C=O) groups excluding carboxylic acids is 1. The number of H-pyrrole nitrogens is 1. The summed E-state index contributed by atoms with van der Waals surface area (Å²) in [6.45, 7) is 4.15. The number of benzene rings is 1. The van der Waals surface area contributed by atoms with Gasteiger partial charge in [0, 0.05) is 12.0 Å². The summed E-state index contributed by atoms with van der Waals surface area (Å²) >= 11 is 0. The Labute approximate surface area is 128 Å². The van der Waals surface area contributed by atoms with Crippen molar-refractivity contribution in [3.8, 4) is 22.8 Å². The monoisotopic (exact) mass is 301 g/mol. The van der Waals surface area contributed by atoms with Crippen LogP contribution in [0.4, 0.5) is 5.69 Å². The molecule has 1 amide bonds. The number of hydrogen-bond donors (Lipinski definition) is 2. The average Bonchev–Trinajstić information content (AvgIpc) is 3.14. The second-order valence-electron chi connectivity index (χ2n) is 5.15. The van der Waals surface area contributed by atoms with Gasteiger partial charge in [-0.25, -0.2) is 0 Å². The van der Waals surface area contributed by atoms with E-state index in [0.29, 0.717) is 12.2 Å². The zero-order valence-corrected chi connectivity index (χ0v) is 12.7. The Balaban J connectivity index is 2.00. The number of nitrogens with zero attached hydrogens (tertiary/aromatic N) is 1. The van der Waals surface area contributed by atoms with Crippen LogP contribution < -0.4 is 14.8 Å². The van der Waals surface area contributed by atoms with E-state index >= 15 is 0 Å². The van der Waals surface area contributed by atoms with Crippen LogP contribution in [0.2, 0.25) is 0 Å². The molecule has 0 saturated heterocycles. The fraction of sp³-hybridized carbons (Fsp3) is 0.375. The normalized spacial score (nSPS) is 12.5. The lowest BCUT2D eigenvalue weighted by atomic mass is 10.1. The number of aryl methyl sites for hydroxylation is 1. The Morgan fingerprint density at radius 3 is 2.91 bits per heavy atom. The first-order valence-corrected chi connectivity index (χ1v) is 7.50. The highest BCUT2D eigenvalue weighted by Crippen LogP contribution is 2.38. The Bertz CT molecular complexity index is 694. The number of hydrogen-bond acceptors (Lipinski definition) is 4. The molecule has 2 heterocycles. The van der Waals surface area contributed by atoms with Crippen molar-refractivity contribution < 1.29 is 14.3 Å². The van der Waals surface area contributed by atoms with Crippen LogP contribution in [0, 0.1) is 0 Å². The predicted octanol–water partition coefficient (Wildman–Crippen LogP) is 3.11. The number of carbonyl (C=O) groups is 1. The Morgan fingerprint density at radius 1 is 1.32 bits per heavy atom. The standard InChI is InChI=1S/C16H19N3O3/c1-3-5-11-16(17-14(20)4-2)15(19-18-11)10-6-7-12-13(8-10)22-9-21-12/h6-8H,3-5,9H2,1-2H3,(H,17,20)(H,18,19). The number of amides is 1. The van der Waals surface area contributed by atoms with Gasteiger partial charge in [0.2, 0.25) is 12.7 Å². The molecule has 1 aromatic carbocycles. The third kappa shape index (κ3) is 2.64. The lowest BCUT2D eigenvalue weighted by molar-refractivity contribution is -0.115. The van der Waals surface area contributed by atoms with Crippen LogP contribution in [0.25, 0.3) is 11.3 Å². The van der Waals surface area contributed by atoms with Crippen LogP contribution in [-0.4, -0.2) is 22.9 Å². The number of rotatable bonds is 5. The summed E-state index contributed by atoms with van der Waals surface area (Å²) in [4.78, 5) is 11.8. The average molecular weight is 301 g/mol. The highest BCUT2D eigenvalue weighted by Gasteiger charge is 2.19. The summed E-state index contributed by atoms with van der Waals surface area (Å²) in [5, 5.41) is 10.4. The smallest absolute Gasteiger partial charge is 0.231 e. The summed E-state index contributed by atoms with van der Waals surface area (Å²) in [5.41, 5.74) is 3.31. The van der Waals surface area contributed by atoms with E-state index in [9.17, 15) is 4.79 Å². The van der Waals surface area contributed by atoms with Crippen molar-refractivity contribution in [3.63, 3.8) is 0 Å². The Hall–Kier alpha value is -2.50. The lowest BCUT2D eigenvalue weighted by Crippen LogP contribution is -2.11. The van der Waals surface area contributed by atoms with Gasteiger partial charge >= 0.3 is 0 Å². The molecule has 3 rings (SSSR count). The van der Waals surface area contributed by atoms with Gasteiger partial charge in [0.05, 0.1) is 11.4 Å². The first-order valence-electron chi connectivity index (χ1n) is 7.50. The van der Waals surface area contributed by atoms with E-state index in [1.165, 1.54) is 0 Å². The minimum Gasteiger partial charge on any atom is -0.454 e. The molecule has 0 spiro atoms. The molecule has 116 valence electrons. The number of fused-ring (bicyclic) bond motifs is 1. The number of ether oxygens (including phenoxy) is 2. The van der Waals surface area contributed by atoms with Crippen LogP contribution >= 0.6 is 0 Å². The van der Waals surface area contributed by atoms with E-state index in [4.69, 9.17) is 9.47 Å². The third-order valence-corrected chi connectivity index (χ3v) is 3.57. The van der Waals surface area contributed by atoms with E-state index in [2.05, 4.69) is 22.4 Å². The van der Waals surface area contributed by atoms with E-state index in [-0.39, 0.29) is 12.7 Å². The largest absolute Gasteiger partial charge is 0.454 e. The zero-order valence-electron chi connectivity index (χ0n) is 12.7. The maximum atomic E-state index is 11.8. The van der Waals surface area contributed by atoms with Crippen LogP contribution in [0.3, 0.4) is 0 Å². The second kappa shape index (κ2) is 6.09. The molecular formula is C16H19N3O3. The van der Waals surface area contributed by atoms with Gasteiger partial charge in [-0.1, -0.05) is 20.3 Å². The van der Waals surface area contributed by atoms with Gasteiger partial charge < -0.3 is 14.8 Å². The van der Waals surface area contributed by atoms with Crippen LogP contribution in [0.5, 0.6) is 11.5 Å². The fourth-order valence-corrected chi connectivity index (χ4v) is 2.42. The molecule has 0 fully saturated rings. The maximum absolute atomic E-state index is 11.8. The molecule has 6 heteroatoms. The molecule has 1 aromatic heterocycles. The van der Waals surface area contributed by atoms with Gasteiger partial charge in [0.1, 0.15) is 5.69 Å². The first-order chi connectivity index (χ1) is 10.7. The van der Waals surface area contributed by atoms with E-state index in [1.54, 1.807) is 0 Å². The highest BCUT2D eigenvalue weighted by molar-refractivity contribution is 5.95. The van der Waals surface area contributed by atoms with Crippen LogP contribution in [0.15, 0.2) is 18.2 Å². The highest BCUT2D eigenvalue weighted by atomic mass is 16.7. The molecule has 22 heavy (non-hydrogen) atoms. The minimum absolute atomic E-state index is 0.0271. The lowest BCUT2D eigenvalue weighted by Gasteiger charge is -2.07. The van der Waals surface area contributed by atoms with E-state index in [0.717, 1.165) is 41.2 Å². The number of anilines is 1. The summed E-state index contributed by atoms with van der Waals surface area (Å²) in [5.74, 6) is 1.40. The van der Waals surface area contributed by atoms with Crippen LogP contribution in [-0.2, 0) is 11.2 Å². The molecule has 0 atom stereocenters. The van der Waals surface area contributed by atoms with Crippen molar-refractivity contribution in [3.05, 3.63) is 23.9 Å². The quantitative estimate of drug-likeness (QED) is 0.889. The van der Waals surface area contributed by atoms with Gasteiger partial charge in [-0.2, -0.15) is 5.10 Å². The van der Waals surface area contributed by atoms with Crippen LogP contribution in [0.1, 0.15) is 32.4 Å². The van der Waals surface area contributed by atoms with Gasteiger partial charge in [0.25, 0.3) is 0 Å². The predicted molar refractivity (Wildman–Crippen MR) is 83.1 cm³/mol. The van der Waals surface area contributed by atoms with Crippen molar-refractivity contribution in [1.29, 1.82) is 0 Å². The number of aromatic amines is 1. The minimum atomic E-state index is -0.0271. The Morgan fingerprint density at radius 2 is 2.14 bits per heavy atom. The second-order valence-corrected chi connectivity index (χ2v) is 5.15. The molecule has 0 aliphatic carbocycles.